The molecule has 0 amide bonds. The first-order chi connectivity index (χ1) is 9.76. The van der Waals surface area contributed by atoms with E-state index in [1.54, 1.807) is 0 Å². The first-order valence-corrected chi connectivity index (χ1v) is 8.86. The van der Waals surface area contributed by atoms with Crippen molar-refractivity contribution in [2.24, 2.45) is 0 Å². The van der Waals surface area contributed by atoms with Crippen LogP contribution in [0.2, 0.25) is 0 Å². The highest BCUT2D eigenvalue weighted by Crippen LogP contribution is 2.20. The normalized spacial score (nSPS) is 12.6. The first kappa shape index (κ1) is 17.5. The summed E-state index contributed by atoms with van der Waals surface area (Å²) in [7, 11) is 0. The van der Waals surface area contributed by atoms with Crippen LogP contribution in [0.3, 0.4) is 0 Å². The summed E-state index contributed by atoms with van der Waals surface area (Å²) < 4.78 is 12.9. The predicted octanol–water partition coefficient (Wildman–Crippen LogP) is 5.26. The van der Waals surface area contributed by atoms with Gasteiger partial charge in [0.1, 0.15) is 5.82 Å². The van der Waals surface area contributed by atoms with E-state index in [4.69, 9.17) is 0 Å². The van der Waals surface area contributed by atoms with E-state index in [9.17, 15) is 4.39 Å². The third kappa shape index (κ3) is 7.91. The Kier molecular flexibility index (Phi) is 9.77. The van der Waals surface area contributed by atoms with E-state index in [2.05, 4.69) is 19.2 Å². The number of hydrogen-bond acceptors (Lipinski definition) is 2. The molecule has 3 heteroatoms. The van der Waals surface area contributed by atoms with Crippen molar-refractivity contribution in [3.63, 3.8) is 0 Å². The molecule has 0 spiro atoms. The predicted molar refractivity (Wildman–Crippen MR) is 88.0 cm³/mol. The van der Waals surface area contributed by atoms with Crippen molar-refractivity contribution in [2.75, 3.05) is 12.3 Å². The maximum Gasteiger partial charge on any atom is 0.123 e. The summed E-state index contributed by atoms with van der Waals surface area (Å²) in [6, 6.07) is 7.39. The largest absolute Gasteiger partial charge is 0.313 e. The van der Waals surface area contributed by atoms with Crippen molar-refractivity contribution in [1.29, 1.82) is 0 Å². The molecular weight excluding hydrogens is 269 g/mol. The summed E-state index contributed by atoms with van der Waals surface area (Å²) >= 11 is 1.82. The van der Waals surface area contributed by atoms with Gasteiger partial charge in [0.15, 0.2) is 0 Å². The van der Waals surface area contributed by atoms with Crippen molar-refractivity contribution in [1.82, 2.24) is 5.32 Å². The average molecular weight is 297 g/mol. The van der Waals surface area contributed by atoms with E-state index < -0.39 is 0 Å². The SMILES string of the molecule is CCCCCCC(CSc1ccc(F)cc1)NCCC. The number of rotatable bonds is 11. The molecular formula is C17H28FNS. The maximum atomic E-state index is 12.9. The molecule has 1 aromatic carbocycles. The van der Waals surface area contributed by atoms with E-state index in [1.807, 2.05) is 23.9 Å². The third-order valence-corrected chi connectivity index (χ3v) is 4.53. The van der Waals surface area contributed by atoms with E-state index >= 15 is 0 Å². The summed E-state index contributed by atoms with van der Waals surface area (Å²) in [5.41, 5.74) is 0. The number of hydrogen-bond donors (Lipinski definition) is 1. The fourth-order valence-corrected chi connectivity index (χ4v) is 3.14. The van der Waals surface area contributed by atoms with Gasteiger partial charge in [-0.1, -0.05) is 39.5 Å². The zero-order valence-electron chi connectivity index (χ0n) is 12.8. The highest BCUT2D eigenvalue weighted by molar-refractivity contribution is 7.99. The second-order valence-corrected chi connectivity index (χ2v) is 6.36. The van der Waals surface area contributed by atoms with E-state index in [0.29, 0.717) is 6.04 Å². The second kappa shape index (κ2) is 11.2. The molecule has 0 heterocycles. The number of nitrogens with one attached hydrogen (secondary N) is 1. The number of unbranched alkanes of at least 4 members (excludes halogenated alkanes) is 3. The molecule has 1 aromatic rings. The van der Waals surface area contributed by atoms with Gasteiger partial charge in [0, 0.05) is 16.7 Å². The van der Waals surface area contributed by atoms with Crippen LogP contribution in [0, 0.1) is 5.82 Å². The van der Waals surface area contributed by atoms with Crippen LogP contribution in [-0.2, 0) is 0 Å². The van der Waals surface area contributed by atoms with Crippen LogP contribution >= 0.6 is 11.8 Å². The molecule has 1 N–H and O–H groups in total. The van der Waals surface area contributed by atoms with Gasteiger partial charge in [-0.2, -0.15) is 0 Å². The fourth-order valence-electron chi connectivity index (χ4n) is 2.14. The number of thioether (sulfide) groups is 1. The van der Waals surface area contributed by atoms with E-state index in [1.165, 1.54) is 50.7 Å². The van der Waals surface area contributed by atoms with Crippen molar-refractivity contribution >= 4 is 11.8 Å². The molecule has 1 atom stereocenters. The second-order valence-electron chi connectivity index (χ2n) is 5.27. The Hall–Kier alpha value is -0.540. The summed E-state index contributed by atoms with van der Waals surface area (Å²) in [6.07, 6.45) is 7.69. The van der Waals surface area contributed by atoms with Gasteiger partial charge in [0.2, 0.25) is 0 Å². The first-order valence-electron chi connectivity index (χ1n) is 7.88. The summed E-state index contributed by atoms with van der Waals surface area (Å²) in [4.78, 5) is 1.16. The summed E-state index contributed by atoms with van der Waals surface area (Å²) in [6.45, 7) is 5.54. The smallest absolute Gasteiger partial charge is 0.123 e. The van der Waals surface area contributed by atoms with Crippen molar-refractivity contribution < 1.29 is 4.39 Å². The van der Waals surface area contributed by atoms with Crippen molar-refractivity contribution in [2.45, 2.75) is 63.3 Å². The van der Waals surface area contributed by atoms with Gasteiger partial charge in [-0.15, -0.1) is 11.8 Å². The molecule has 114 valence electrons. The molecule has 0 radical (unpaired) electrons. The zero-order valence-corrected chi connectivity index (χ0v) is 13.6. The van der Waals surface area contributed by atoms with Crippen LogP contribution in [0.4, 0.5) is 4.39 Å². The van der Waals surface area contributed by atoms with E-state index in [-0.39, 0.29) is 5.82 Å². The van der Waals surface area contributed by atoms with Gasteiger partial charge in [0.25, 0.3) is 0 Å². The molecule has 0 fully saturated rings. The van der Waals surface area contributed by atoms with Crippen LogP contribution in [0.15, 0.2) is 29.2 Å². The molecule has 0 aromatic heterocycles. The topological polar surface area (TPSA) is 12.0 Å². The minimum atomic E-state index is -0.158. The molecule has 0 bridgehead atoms. The molecule has 1 unspecified atom stereocenters. The van der Waals surface area contributed by atoms with Crippen LogP contribution in [0.1, 0.15) is 52.4 Å². The van der Waals surface area contributed by atoms with Crippen LogP contribution < -0.4 is 5.32 Å². The Morgan fingerprint density at radius 1 is 1.05 bits per heavy atom. The highest BCUT2D eigenvalue weighted by Gasteiger charge is 2.08. The molecule has 1 rings (SSSR count). The van der Waals surface area contributed by atoms with Gasteiger partial charge in [-0.05, 0) is 43.7 Å². The minimum absolute atomic E-state index is 0.158. The van der Waals surface area contributed by atoms with Crippen LogP contribution in [-0.4, -0.2) is 18.3 Å². The monoisotopic (exact) mass is 297 g/mol. The molecule has 0 aliphatic heterocycles. The Morgan fingerprint density at radius 2 is 1.80 bits per heavy atom. The average Bonchev–Trinajstić information content (AvgIpc) is 2.47. The molecule has 0 aliphatic carbocycles. The Labute approximate surface area is 127 Å². The molecule has 0 saturated heterocycles. The zero-order chi connectivity index (χ0) is 14.6. The molecule has 0 aliphatic rings. The van der Waals surface area contributed by atoms with Gasteiger partial charge < -0.3 is 5.32 Å². The quantitative estimate of drug-likeness (QED) is 0.442. The Morgan fingerprint density at radius 3 is 2.45 bits per heavy atom. The lowest BCUT2D eigenvalue weighted by Crippen LogP contribution is -2.31. The third-order valence-electron chi connectivity index (χ3n) is 3.35. The molecule has 20 heavy (non-hydrogen) atoms. The maximum absolute atomic E-state index is 12.9. The van der Waals surface area contributed by atoms with Crippen LogP contribution in [0.5, 0.6) is 0 Å². The Bertz CT molecular complexity index is 339. The van der Waals surface area contributed by atoms with E-state index in [0.717, 1.165) is 17.2 Å². The standard InChI is InChI=1S/C17H28FNS/c1-3-5-6-7-8-16(19-13-4-2)14-20-17-11-9-15(18)10-12-17/h9-12,16,19H,3-8,13-14H2,1-2H3. The lowest BCUT2D eigenvalue weighted by Gasteiger charge is -2.18. The fraction of sp³-hybridized carbons (Fsp3) is 0.647. The number of halogens is 1. The lowest BCUT2D eigenvalue weighted by atomic mass is 10.1. The molecule has 0 saturated carbocycles. The number of benzene rings is 1. The van der Waals surface area contributed by atoms with Crippen molar-refractivity contribution in [3.05, 3.63) is 30.1 Å². The summed E-state index contributed by atoms with van der Waals surface area (Å²) in [5, 5.41) is 3.63. The van der Waals surface area contributed by atoms with Gasteiger partial charge >= 0.3 is 0 Å². The van der Waals surface area contributed by atoms with Gasteiger partial charge in [-0.3, -0.25) is 0 Å². The minimum Gasteiger partial charge on any atom is -0.313 e. The van der Waals surface area contributed by atoms with Crippen molar-refractivity contribution in [3.8, 4) is 0 Å². The highest BCUT2D eigenvalue weighted by atomic mass is 32.2. The Balaban J connectivity index is 2.32. The van der Waals surface area contributed by atoms with Gasteiger partial charge in [-0.25, -0.2) is 4.39 Å². The van der Waals surface area contributed by atoms with Gasteiger partial charge in [0.05, 0.1) is 0 Å². The summed E-state index contributed by atoms with van der Waals surface area (Å²) in [5.74, 6) is 0.909. The molecule has 1 nitrogen and oxygen atoms in total. The van der Waals surface area contributed by atoms with Crippen LogP contribution in [0.25, 0.3) is 0 Å². The lowest BCUT2D eigenvalue weighted by molar-refractivity contribution is 0.488.